The molecule has 28 heavy (non-hydrogen) atoms. The maximum absolute atomic E-state index is 13.0. The summed E-state index contributed by atoms with van der Waals surface area (Å²) in [5.41, 5.74) is 3.05. The zero-order valence-electron chi connectivity index (χ0n) is 17.4. The first-order chi connectivity index (χ1) is 13.3. The second-order valence-electron chi connectivity index (χ2n) is 7.34. The van der Waals surface area contributed by atoms with E-state index in [9.17, 15) is 9.59 Å². The number of rotatable bonds is 8. The molecule has 0 unspecified atom stereocenters. The molecule has 0 aliphatic rings. The number of hydrogen-bond donors (Lipinski definition) is 1. The SMILES string of the molecule is Cc1ccccc1CN(C(=O)COc1ccccc1C)[C@H](C)C(=O)NC(C)C. The third kappa shape index (κ3) is 5.84. The Morgan fingerprint density at radius 1 is 0.964 bits per heavy atom. The lowest BCUT2D eigenvalue weighted by Crippen LogP contribution is -2.50. The zero-order chi connectivity index (χ0) is 20.7. The summed E-state index contributed by atoms with van der Waals surface area (Å²) in [6.45, 7) is 9.73. The standard InChI is InChI=1S/C23H30N2O3/c1-16(2)24-23(27)19(5)25(14-20-12-8-6-10-17(20)3)22(26)15-28-21-13-9-7-11-18(21)4/h6-13,16,19H,14-15H2,1-5H3,(H,24,27)/t19-/m1/s1. The van der Waals surface area contributed by atoms with Crippen molar-refractivity contribution in [2.75, 3.05) is 6.61 Å². The van der Waals surface area contributed by atoms with Gasteiger partial charge >= 0.3 is 0 Å². The molecular formula is C23H30N2O3. The summed E-state index contributed by atoms with van der Waals surface area (Å²) in [5, 5.41) is 2.89. The highest BCUT2D eigenvalue weighted by Gasteiger charge is 2.27. The molecule has 2 aromatic rings. The van der Waals surface area contributed by atoms with Gasteiger partial charge in [0.05, 0.1) is 0 Å². The molecule has 0 saturated carbocycles. The molecule has 150 valence electrons. The summed E-state index contributed by atoms with van der Waals surface area (Å²) in [7, 11) is 0. The summed E-state index contributed by atoms with van der Waals surface area (Å²) < 4.78 is 5.74. The first-order valence-electron chi connectivity index (χ1n) is 9.62. The van der Waals surface area contributed by atoms with Crippen molar-refractivity contribution >= 4 is 11.8 Å². The topological polar surface area (TPSA) is 58.6 Å². The van der Waals surface area contributed by atoms with E-state index in [4.69, 9.17) is 4.74 Å². The Kier molecular flexibility index (Phi) is 7.61. The molecule has 0 aliphatic carbocycles. The minimum absolute atomic E-state index is 0.00795. The van der Waals surface area contributed by atoms with Gasteiger partial charge in [-0.25, -0.2) is 0 Å². The van der Waals surface area contributed by atoms with Crippen LogP contribution in [0.4, 0.5) is 0 Å². The predicted octanol–water partition coefficient (Wildman–Crippen LogP) is 3.62. The van der Waals surface area contributed by atoms with Crippen LogP contribution in [0.2, 0.25) is 0 Å². The van der Waals surface area contributed by atoms with E-state index in [2.05, 4.69) is 5.32 Å². The van der Waals surface area contributed by atoms with Crippen molar-refractivity contribution in [1.82, 2.24) is 10.2 Å². The van der Waals surface area contributed by atoms with Crippen LogP contribution in [0.25, 0.3) is 0 Å². The number of amides is 2. The Hall–Kier alpha value is -2.82. The van der Waals surface area contributed by atoms with Crippen LogP contribution in [-0.4, -0.2) is 35.4 Å². The van der Waals surface area contributed by atoms with Crippen LogP contribution in [0, 0.1) is 13.8 Å². The Morgan fingerprint density at radius 2 is 1.57 bits per heavy atom. The Morgan fingerprint density at radius 3 is 2.18 bits per heavy atom. The number of nitrogens with one attached hydrogen (secondary N) is 1. The van der Waals surface area contributed by atoms with Gasteiger partial charge in [0.25, 0.3) is 5.91 Å². The normalized spacial score (nSPS) is 11.8. The molecule has 0 spiro atoms. The second-order valence-corrected chi connectivity index (χ2v) is 7.34. The molecule has 0 heterocycles. The largest absolute Gasteiger partial charge is 0.484 e. The molecule has 1 atom stereocenters. The van der Waals surface area contributed by atoms with Crippen molar-refractivity contribution in [3.63, 3.8) is 0 Å². The minimum atomic E-state index is -0.602. The van der Waals surface area contributed by atoms with Crippen molar-refractivity contribution in [2.45, 2.75) is 53.2 Å². The number of hydrogen-bond acceptors (Lipinski definition) is 3. The van der Waals surface area contributed by atoms with Crippen molar-refractivity contribution < 1.29 is 14.3 Å². The Bertz CT molecular complexity index is 817. The molecule has 0 aliphatic heterocycles. The quantitative estimate of drug-likeness (QED) is 0.759. The molecule has 0 bridgehead atoms. The molecule has 2 rings (SSSR count). The molecule has 5 nitrogen and oxygen atoms in total. The number of nitrogens with zero attached hydrogens (tertiary/aromatic N) is 1. The fourth-order valence-corrected chi connectivity index (χ4v) is 2.90. The van der Waals surface area contributed by atoms with Crippen LogP contribution >= 0.6 is 0 Å². The van der Waals surface area contributed by atoms with E-state index in [0.717, 1.165) is 16.7 Å². The van der Waals surface area contributed by atoms with Gasteiger partial charge in [-0.05, 0) is 57.4 Å². The molecule has 1 N–H and O–H groups in total. The maximum Gasteiger partial charge on any atom is 0.261 e. The van der Waals surface area contributed by atoms with Gasteiger partial charge in [0.1, 0.15) is 11.8 Å². The fraction of sp³-hybridized carbons (Fsp3) is 0.391. The highest BCUT2D eigenvalue weighted by atomic mass is 16.5. The van der Waals surface area contributed by atoms with E-state index < -0.39 is 6.04 Å². The van der Waals surface area contributed by atoms with Gasteiger partial charge in [-0.2, -0.15) is 0 Å². The molecule has 2 amide bonds. The van der Waals surface area contributed by atoms with Gasteiger partial charge in [0.15, 0.2) is 6.61 Å². The number of carbonyl (C=O) groups excluding carboxylic acids is 2. The summed E-state index contributed by atoms with van der Waals surface area (Å²) in [4.78, 5) is 27.1. The highest BCUT2D eigenvalue weighted by molar-refractivity contribution is 5.88. The molecular weight excluding hydrogens is 352 g/mol. The number of aryl methyl sites for hydroxylation is 2. The third-order valence-electron chi connectivity index (χ3n) is 4.64. The van der Waals surface area contributed by atoms with E-state index in [1.54, 1.807) is 11.8 Å². The minimum Gasteiger partial charge on any atom is -0.484 e. The number of ether oxygens (including phenoxy) is 1. The van der Waals surface area contributed by atoms with Gasteiger partial charge in [-0.1, -0.05) is 42.5 Å². The molecule has 0 saturated heterocycles. The van der Waals surface area contributed by atoms with Gasteiger partial charge < -0.3 is 15.0 Å². The number of para-hydroxylation sites is 1. The van der Waals surface area contributed by atoms with Crippen LogP contribution in [0.15, 0.2) is 48.5 Å². The van der Waals surface area contributed by atoms with Crippen LogP contribution in [0.5, 0.6) is 5.75 Å². The highest BCUT2D eigenvalue weighted by Crippen LogP contribution is 2.18. The Labute approximate surface area is 167 Å². The Balaban J connectivity index is 2.18. The molecule has 5 heteroatoms. The van der Waals surface area contributed by atoms with Crippen LogP contribution in [-0.2, 0) is 16.1 Å². The van der Waals surface area contributed by atoms with Crippen molar-refractivity contribution in [2.24, 2.45) is 0 Å². The second kappa shape index (κ2) is 9.93. The van der Waals surface area contributed by atoms with Gasteiger partial charge in [0, 0.05) is 12.6 Å². The molecule has 0 aromatic heterocycles. The van der Waals surface area contributed by atoms with Crippen molar-refractivity contribution in [3.05, 3.63) is 65.2 Å². The van der Waals surface area contributed by atoms with Crippen molar-refractivity contribution in [3.8, 4) is 5.75 Å². The lowest BCUT2D eigenvalue weighted by atomic mass is 10.1. The van der Waals surface area contributed by atoms with E-state index in [1.165, 1.54) is 0 Å². The van der Waals surface area contributed by atoms with Gasteiger partial charge in [-0.3, -0.25) is 9.59 Å². The summed E-state index contributed by atoms with van der Waals surface area (Å²) in [6, 6.07) is 14.8. The van der Waals surface area contributed by atoms with Crippen LogP contribution in [0.1, 0.15) is 37.5 Å². The third-order valence-corrected chi connectivity index (χ3v) is 4.64. The monoisotopic (exact) mass is 382 g/mol. The average molecular weight is 383 g/mol. The fourth-order valence-electron chi connectivity index (χ4n) is 2.90. The number of benzene rings is 2. The average Bonchev–Trinajstić information content (AvgIpc) is 2.65. The molecule has 2 aromatic carbocycles. The summed E-state index contributed by atoms with van der Waals surface area (Å²) in [6.07, 6.45) is 0. The van der Waals surface area contributed by atoms with Gasteiger partial charge in [0.2, 0.25) is 5.91 Å². The first-order valence-corrected chi connectivity index (χ1v) is 9.62. The lowest BCUT2D eigenvalue weighted by molar-refractivity contribution is -0.142. The lowest BCUT2D eigenvalue weighted by Gasteiger charge is -2.30. The van der Waals surface area contributed by atoms with E-state index >= 15 is 0 Å². The predicted molar refractivity (Wildman–Crippen MR) is 111 cm³/mol. The number of carbonyl (C=O) groups is 2. The van der Waals surface area contributed by atoms with E-state index in [0.29, 0.717) is 12.3 Å². The maximum atomic E-state index is 13.0. The molecule has 0 radical (unpaired) electrons. The smallest absolute Gasteiger partial charge is 0.261 e. The van der Waals surface area contributed by atoms with E-state index in [1.807, 2.05) is 76.2 Å². The first kappa shape index (κ1) is 21.5. The van der Waals surface area contributed by atoms with E-state index in [-0.39, 0.29) is 24.5 Å². The molecule has 0 fully saturated rings. The van der Waals surface area contributed by atoms with Crippen LogP contribution in [0.3, 0.4) is 0 Å². The van der Waals surface area contributed by atoms with Crippen LogP contribution < -0.4 is 10.1 Å². The summed E-state index contributed by atoms with van der Waals surface area (Å²) in [5.74, 6) is 0.275. The van der Waals surface area contributed by atoms with Crippen molar-refractivity contribution in [1.29, 1.82) is 0 Å². The summed E-state index contributed by atoms with van der Waals surface area (Å²) >= 11 is 0. The zero-order valence-corrected chi connectivity index (χ0v) is 17.4. The van der Waals surface area contributed by atoms with Gasteiger partial charge in [-0.15, -0.1) is 0 Å².